The van der Waals surface area contributed by atoms with Crippen LogP contribution in [0.4, 0.5) is 0 Å². The Morgan fingerprint density at radius 3 is 2.06 bits per heavy atom. The second-order valence-corrected chi connectivity index (χ2v) is 12.7. The van der Waals surface area contributed by atoms with E-state index in [9.17, 15) is 0 Å². The molecule has 1 aromatic heterocycles. The average molecular weight is 612 g/mol. The van der Waals surface area contributed by atoms with Crippen molar-refractivity contribution in [3.8, 4) is 27.9 Å². The van der Waals surface area contributed by atoms with Crippen LogP contribution in [0.5, 0.6) is 0 Å². The van der Waals surface area contributed by atoms with Crippen LogP contribution in [0.3, 0.4) is 0 Å². The molecule has 0 bridgehead atoms. The fourth-order valence-corrected chi connectivity index (χ4v) is 7.45. The Kier molecular flexibility index (Phi) is 6.59. The highest BCUT2D eigenvalue weighted by molar-refractivity contribution is 6.19. The van der Waals surface area contributed by atoms with Crippen molar-refractivity contribution in [3.05, 3.63) is 182 Å². The highest BCUT2D eigenvalue weighted by atomic mass is 15.0. The molecule has 0 radical (unpaired) electrons. The highest BCUT2D eigenvalue weighted by Gasteiger charge is 2.17. The topological polar surface area (TPSA) is 4.93 Å². The van der Waals surface area contributed by atoms with E-state index in [1.807, 2.05) is 6.08 Å². The third-order valence-electron chi connectivity index (χ3n) is 9.86. The monoisotopic (exact) mass is 611 g/mol. The first-order chi connectivity index (χ1) is 23.7. The largest absolute Gasteiger partial charge is 0.309 e. The maximum atomic E-state index is 3.87. The molecule has 0 aliphatic carbocycles. The van der Waals surface area contributed by atoms with Crippen molar-refractivity contribution < 1.29 is 0 Å². The van der Waals surface area contributed by atoms with Gasteiger partial charge in [0.05, 0.1) is 11.0 Å². The van der Waals surface area contributed by atoms with E-state index in [0.717, 1.165) is 5.69 Å². The van der Waals surface area contributed by atoms with Gasteiger partial charge in [-0.05, 0) is 104 Å². The predicted molar refractivity (Wildman–Crippen MR) is 208 cm³/mol. The summed E-state index contributed by atoms with van der Waals surface area (Å²) in [6.45, 7) is 6.00. The van der Waals surface area contributed by atoms with Crippen LogP contribution < -0.4 is 0 Å². The minimum absolute atomic E-state index is 1.16. The molecule has 0 spiro atoms. The van der Waals surface area contributed by atoms with E-state index in [-0.39, 0.29) is 0 Å². The molecule has 0 saturated heterocycles. The average Bonchev–Trinajstić information content (AvgIpc) is 3.48. The lowest BCUT2D eigenvalue weighted by atomic mass is 9.96. The maximum absolute atomic E-state index is 3.87. The van der Waals surface area contributed by atoms with Crippen LogP contribution >= 0.6 is 0 Å². The minimum atomic E-state index is 1.16. The van der Waals surface area contributed by atoms with Gasteiger partial charge >= 0.3 is 0 Å². The molecule has 8 aromatic carbocycles. The number of hydrogen-bond acceptors (Lipinski definition) is 0. The Morgan fingerprint density at radius 2 is 1.19 bits per heavy atom. The number of allylic oxidation sites excluding steroid dienone is 3. The van der Waals surface area contributed by atoms with Gasteiger partial charge in [0.1, 0.15) is 0 Å². The first-order valence-corrected chi connectivity index (χ1v) is 16.5. The van der Waals surface area contributed by atoms with E-state index < -0.39 is 0 Å². The third kappa shape index (κ3) is 4.55. The molecule has 226 valence electrons. The van der Waals surface area contributed by atoms with E-state index in [1.165, 1.54) is 87.5 Å². The molecule has 1 nitrogen and oxygen atoms in total. The lowest BCUT2D eigenvalue weighted by molar-refractivity contribution is 1.19. The summed E-state index contributed by atoms with van der Waals surface area (Å²) in [4.78, 5) is 0. The molecule has 48 heavy (non-hydrogen) atoms. The molecule has 9 rings (SSSR count). The summed E-state index contributed by atoms with van der Waals surface area (Å²) in [5.41, 5.74) is 11.0. The Labute approximate surface area is 280 Å². The fraction of sp³-hybridized carbons (Fsp3) is 0.0213. The number of nitrogens with zero attached hydrogens (tertiary/aromatic N) is 1. The van der Waals surface area contributed by atoms with Crippen molar-refractivity contribution in [1.29, 1.82) is 0 Å². The highest BCUT2D eigenvalue weighted by Crippen LogP contribution is 2.40. The molecular formula is C47H33N. The van der Waals surface area contributed by atoms with Crippen molar-refractivity contribution in [1.82, 2.24) is 4.57 Å². The smallest absolute Gasteiger partial charge is 0.0619 e. The Hall–Kier alpha value is -6.18. The van der Waals surface area contributed by atoms with E-state index in [1.54, 1.807) is 0 Å². The summed E-state index contributed by atoms with van der Waals surface area (Å²) in [6, 6.07) is 58.0. The maximum Gasteiger partial charge on any atom is 0.0619 e. The molecule has 1 heteroatoms. The van der Waals surface area contributed by atoms with Gasteiger partial charge in [-0.25, -0.2) is 0 Å². The Balaban J connectivity index is 1.25. The van der Waals surface area contributed by atoms with Gasteiger partial charge in [-0.15, -0.1) is 0 Å². The van der Waals surface area contributed by atoms with Crippen molar-refractivity contribution in [3.63, 3.8) is 0 Å². The number of rotatable bonds is 5. The normalized spacial score (nSPS) is 12.1. The van der Waals surface area contributed by atoms with E-state index >= 15 is 0 Å². The number of benzene rings is 8. The molecule has 0 atom stereocenters. The summed E-state index contributed by atoms with van der Waals surface area (Å²) in [5.74, 6) is 0. The molecule has 0 N–H and O–H groups in total. The van der Waals surface area contributed by atoms with E-state index in [0.29, 0.717) is 0 Å². The first kappa shape index (κ1) is 28.1. The number of para-hydroxylation sites is 1. The van der Waals surface area contributed by atoms with Crippen molar-refractivity contribution >= 4 is 59.7 Å². The predicted octanol–water partition coefficient (Wildman–Crippen LogP) is 13.2. The Bertz CT molecular complexity index is 2730. The van der Waals surface area contributed by atoms with Crippen molar-refractivity contribution in [2.24, 2.45) is 0 Å². The lowest BCUT2D eigenvalue weighted by Gasteiger charge is -2.12. The summed E-state index contributed by atoms with van der Waals surface area (Å²) in [6.07, 6.45) is 3.91. The molecule has 0 amide bonds. The van der Waals surface area contributed by atoms with Gasteiger partial charge in [0.25, 0.3) is 0 Å². The van der Waals surface area contributed by atoms with Crippen LogP contribution in [0, 0.1) is 0 Å². The molecule has 0 aliphatic heterocycles. The molecule has 0 unspecified atom stereocenters. The van der Waals surface area contributed by atoms with Crippen LogP contribution in [0.25, 0.3) is 87.6 Å². The van der Waals surface area contributed by atoms with Crippen molar-refractivity contribution in [2.45, 2.75) is 6.92 Å². The second kappa shape index (κ2) is 11.3. The van der Waals surface area contributed by atoms with Gasteiger partial charge in [-0.3, -0.25) is 0 Å². The van der Waals surface area contributed by atoms with Gasteiger partial charge in [-0.1, -0.05) is 140 Å². The molecule has 1 heterocycles. The van der Waals surface area contributed by atoms with Gasteiger partial charge < -0.3 is 4.57 Å². The summed E-state index contributed by atoms with van der Waals surface area (Å²) in [5, 5.41) is 10.0. The molecule has 0 fully saturated rings. The zero-order valence-electron chi connectivity index (χ0n) is 26.8. The lowest BCUT2D eigenvalue weighted by Crippen LogP contribution is -1.94. The first-order valence-electron chi connectivity index (χ1n) is 16.5. The van der Waals surface area contributed by atoms with Crippen LogP contribution in [0.2, 0.25) is 0 Å². The Morgan fingerprint density at radius 1 is 0.500 bits per heavy atom. The van der Waals surface area contributed by atoms with E-state index in [2.05, 4.69) is 182 Å². The number of fused-ring (bicyclic) bond motifs is 7. The quantitative estimate of drug-likeness (QED) is 0.171. The van der Waals surface area contributed by atoms with Crippen LogP contribution in [-0.2, 0) is 0 Å². The zero-order valence-corrected chi connectivity index (χ0v) is 26.8. The summed E-state index contributed by atoms with van der Waals surface area (Å²) < 4.78 is 2.46. The molecule has 0 aliphatic rings. The fourth-order valence-electron chi connectivity index (χ4n) is 7.45. The van der Waals surface area contributed by atoms with Crippen LogP contribution in [0.1, 0.15) is 12.5 Å². The van der Waals surface area contributed by atoms with Crippen molar-refractivity contribution in [2.75, 3.05) is 0 Å². The molecular weight excluding hydrogens is 579 g/mol. The molecule has 9 aromatic rings. The second-order valence-electron chi connectivity index (χ2n) is 12.7. The zero-order chi connectivity index (χ0) is 32.2. The standard InChI is InChI=1S/C47H33N/c1-3-10-31(2)34-19-17-32-18-20-35(29-39(32)27-34)36-21-24-43-37(28-36)23-26-45-44-25-22-38(42-16-9-12-33-11-7-8-15-41(33)42)30-46(44)48(47(43)45)40-13-5-4-6-14-40/h3-30H,1H2,2H3/b31-10+. The van der Waals surface area contributed by atoms with Gasteiger partial charge in [0.15, 0.2) is 0 Å². The van der Waals surface area contributed by atoms with Crippen LogP contribution in [0.15, 0.2) is 176 Å². The minimum Gasteiger partial charge on any atom is -0.309 e. The number of aromatic nitrogens is 1. The van der Waals surface area contributed by atoms with Gasteiger partial charge in [0, 0.05) is 21.8 Å². The summed E-state index contributed by atoms with van der Waals surface area (Å²) in [7, 11) is 0. The van der Waals surface area contributed by atoms with Gasteiger partial charge in [0.2, 0.25) is 0 Å². The third-order valence-corrected chi connectivity index (χ3v) is 9.86. The van der Waals surface area contributed by atoms with E-state index in [4.69, 9.17) is 0 Å². The number of hydrogen-bond donors (Lipinski definition) is 0. The SMILES string of the molecule is C=C/C=C(\C)c1ccc2ccc(-c3ccc4c(ccc5c6ccc(-c7cccc8ccccc78)cc6n(-c6ccccc6)c45)c3)cc2c1. The van der Waals surface area contributed by atoms with Gasteiger partial charge in [-0.2, -0.15) is 0 Å². The summed E-state index contributed by atoms with van der Waals surface area (Å²) >= 11 is 0. The van der Waals surface area contributed by atoms with Crippen LogP contribution in [-0.4, -0.2) is 4.57 Å². The molecule has 0 saturated carbocycles.